The van der Waals surface area contributed by atoms with Crippen LogP contribution in [0.25, 0.3) is 17.1 Å². The number of carbonyl (C=O) groups is 1. The molecule has 0 aliphatic carbocycles. The molecule has 0 fully saturated rings. The number of nitrogens with one attached hydrogen (secondary N) is 1. The Hall–Kier alpha value is -4.62. The van der Waals surface area contributed by atoms with Crippen LogP contribution in [0.5, 0.6) is 0 Å². The van der Waals surface area contributed by atoms with Gasteiger partial charge >= 0.3 is 18.0 Å². The van der Waals surface area contributed by atoms with Crippen LogP contribution in [0.15, 0.2) is 53.7 Å². The molecule has 35 heavy (non-hydrogen) atoms. The number of nitrogens with zero attached hydrogens (tertiary/aromatic N) is 8. The first-order valence-electron chi connectivity index (χ1n) is 10.4. The third-order valence-electron chi connectivity index (χ3n) is 5.68. The lowest BCUT2D eigenvalue weighted by Gasteiger charge is -2.32. The van der Waals surface area contributed by atoms with Gasteiger partial charge in [-0.15, -0.1) is 10.2 Å². The molecule has 6 rings (SSSR count). The number of aromatic nitrogens is 8. The van der Waals surface area contributed by atoms with Gasteiger partial charge in [0.25, 0.3) is 5.89 Å². The fourth-order valence-corrected chi connectivity index (χ4v) is 4.15. The van der Waals surface area contributed by atoms with Crippen molar-refractivity contribution in [1.29, 1.82) is 0 Å². The first-order chi connectivity index (χ1) is 16.9. The highest BCUT2D eigenvalue weighted by Crippen LogP contribution is 2.37. The molecule has 5 aromatic rings. The molecule has 176 valence electrons. The summed E-state index contributed by atoms with van der Waals surface area (Å²) in [6, 6.07) is 2.70. The maximum Gasteiger partial charge on any atom is 0.418 e. The second-order valence-corrected chi connectivity index (χ2v) is 7.74. The summed E-state index contributed by atoms with van der Waals surface area (Å²) in [5, 5.41) is 12.1. The highest BCUT2D eigenvalue weighted by molar-refractivity contribution is 5.90. The Morgan fingerprint density at radius 1 is 1.20 bits per heavy atom. The van der Waals surface area contributed by atoms with Crippen LogP contribution in [0.4, 0.5) is 13.2 Å². The Balaban J connectivity index is 1.42. The van der Waals surface area contributed by atoms with Gasteiger partial charge in [-0.05, 0) is 18.2 Å². The summed E-state index contributed by atoms with van der Waals surface area (Å²) in [5.74, 6) is -0.896. The summed E-state index contributed by atoms with van der Waals surface area (Å²) < 4.78 is 47.4. The van der Waals surface area contributed by atoms with E-state index in [1.165, 1.54) is 48.1 Å². The topological polar surface area (TPSA) is 131 Å². The number of hydrogen-bond acceptors (Lipinski definition) is 8. The Bertz CT molecular complexity index is 1540. The van der Waals surface area contributed by atoms with Crippen LogP contribution in [0, 0.1) is 0 Å². The van der Waals surface area contributed by atoms with Crippen molar-refractivity contribution >= 4 is 11.4 Å². The number of aromatic amines is 1. The second kappa shape index (κ2) is 7.72. The number of amides is 1. The van der Waals surface area contributed by atoms with Crippen molar-refractivity contribution in [3.8, 4) is 11.6 Å². The molecule has 1 N–H and O–H groups in total. The molecule has 5 aromatic heterocycles. The van der Waals surface area contributed by atoms with Crippen LogP contribution in [-0.4, -0.2) is 57.1 Å². The zero-order valence-corrected chi connectivity index (χ0v) is 17.6. The standard InChI is InChI=1S/C21H14F3N9O2/c22-21(23,24)11-2-1-6-33-15(11)8-13(31-33)17-16-12(27-10-28-16)3-7-32(17)20(34)19-30-29-18(35-19)14-9-25-4-5-26-14/h1-2,4-6,8-10,17H,3,7H2,(H,27,28). The number of imidazole rings is 1. The molecule has 1 amide bonds. The molecule has 0 saturated carbocycles. The van der Waals surface area contributed by atoms with Crippen LogP contribution < -0.4 is 0 Å². The Morgan fingerprint density at radius 3 is 2.89 bits per heavy atom. The zero-order chi connectivity index (χ0) is 24.2. The minimum Gasteiger partial charge on any atom is -0.411 e. The second-order valence-electron chi connectivity index (χ2n) is 7.74. The molecule has 0 saturated heterocycles. The van der Waals surface area contributed by atoms with E-state index in [9.17, 15) is 18.0 Å². The number of H-pyrrole nitrogens is 1. The molecule has 1 aliphatic heterocycles. The normalized spacial score (nSPS) is 16.0. The van der Waals surface area contributed by atoms with Gasteiger partial charge in [0.1, 0.15) is 11.7 Å². The van der Waals surface area contributed by atoms with E-state index < -0.39 is 23.7 Å². The van der Waals surface area contributed by atoms with Crippen molar-refractivity contribution < 1.29 is 22.4 Å². The summed E-state index contributed by atoms with van der Waals surface area (Å²) in [7, 11) is 0. The van der Waals surface area contributed by atoms with Crippen LogP contribution in [0.1, 0.15) is 39.4 Å². The molecule has 0 radical (unpaired) electrons. The number of rotatable bonds is 3. The Labute approximate surface area is 193 Å². The first kappa shape index (κ1) is 20.9. The van der Waals surface area contributed by atoms with Crippen LogP contribution in [-0.2, 0) is 12.6 Å². The van der Waals surface area contributed by atoms with Gasteiger partial charge < -0.3 is 14.3 Å². The lowest BCUT2D eigenvalue weighted by molar-refractivity contribution is -0.136. The predicted molar refractivity (Wildman–Crippen MR) is 111 cm³/mol. The van der Waals surface area contributed by atoms with Gasteiger partial charge in [-0.25, -0.2) is 14.5 Å². The highest BCUT2D eigenvalue weighted by atomic mass is 19.4. The van der Waals surface area contributed by atoms with E-state index >= 15 is 0 Å². The van der Waals surface area contributed by atoms with Crippen LogP contribution >= 0.6 is 0 Å². The Morgan fingerprint density at radius 2 is 2.09 bits per heavy atom. The summed E-state index contributed by atoms with van der Waals surface area (Å²) in [6.07, 6.45) is 3.10. The van der Waals surface area contributed by atoms with Crippen molar-refractivity contribution in [1.82, 2.24) is 44.6 Å². The third-order valence-corrected chi connectivity index (χ3v) is 5.68. The van der Waals surface area contributed by atoms with Crippen molar-refractivity contribution in [3.63, 3.8) is 0 Å². The molecule has 11 nitrogen and oxygen atoms in total. The average Bonchev–Trinajstić information content (AvgIpc) is 3.61. The smallest absolute Gasteiger partial charge is 0.411 e. The van der Waals surface area contributed by atoms with Crippen molar-refractivity contribution in [2.24, 2.45) is 0 Å². The molecule has 1 aliphatic rings. The van der Waals surface area contributed by atoms with Gasteiger partial charge in [-0.1, -0.05) is 0 Å². The maximum atomic E-state index is 13.6. The van der Waals surface area contributed by atoms with E-state index in [-0.39, 0.29) is 29.5 Å². The lowest BCUT2D eigenvalue weighted by Crippen LogP contribution is -2.41. The van der Waals surface area contributed by atoms with Crippen molar-refractivity contribution in [3.05, 3.63) is 77.8 Å². The van der Waals surface area contributed by atoms with Crippen molar-refractivity contribution in [2.45, 2.75) is 18.6 Å². The fourth-order valence-electron chi connectivity index (χ4n) is 4.15. The van der Waals surface area contributed by atoms with E-state index in [2.05, 4.69) is 35.2 Å². The molecular weight excluding hydrogens is 467 g/mol. The maximum absolute atomic E-state index is 13.6. The largest absolute Gasteiger partial charge is 0.418 e. The van der Waals surface area contributed by atoms with E-state index in [1.54, 1.807) is 0 Å². The first-order valence-corrected chi connectivity index (χ1v) is 10.4. The molecule has 0 aromatic carbocycles. The summed E-state index contributed by atoms with van der Waals surface area (Å²) in [6.45, 7) is 0.224. The highest BCUT2D eigenvalue weighted by Gasteiger charge is 2.39. The number of hydrogen-bond donors (Lipinski definition) is 1. The third kappa shape index (κ3) is 3.50. The van der Waals surface area contributed by atoms with E-state index in [0.717, 1.165) is 16.3 Å². The predicted octanol–water partition coefficient (Wildman–Crippen LogP) is 2.70. The van der Waals surface area contributed by atoms with E-state index in [4.69, 9.17) is 4.42 Å². The lowest BCUT2D eigenvalue weighted by atomic mass is 9.99. The number of pyridine rings is 1. The number of halogens is 3. The van der Waals surface area contributed by atoms with Crippen LogP contribution in [0.2, 0.25) is 0 Å². The summed E-state index contributed by atoms with van der Waals surface area (Å²) >= 11 is 0. The molecule has 1 unspecified atom stereocenters. The van der Waals surface area contributed by atoms with Gasteiger partial charge in [0.05, 0.1) is 35.0 Å². The van der Waals surface area contributed by atoms with Gasteiger partial charge in [0.2, 0.25) is 0 Å². The van der Waals surface area contributed by atoms with Gasteiger partial charge in [-0.3, -0.25) is 9.78 Å². The summed E-state index contributed by atoms with van der Waals surface area (Å²) in [4.78, 5) is 30.2. The quantitative estimate of drug-likeness (QED) is 0.416. The molecular formula is C21H14F3N9O2. The molecule has 0 spiro atoms. The fraction of sp³-hybridized carbons (Fsp3) is 0.190. The van der Waals surface area contributed by atoms with Gasteiger partial charge in [0.15, 0.2) is 0 Å². The zero-order valence-electron chi connectivity index (χ0n) is 17.6. The SMILES string of the molecule is O=C(c1nnc(-c2cnccn2)o1)N1CCc2[nH]cnc2C1c1cc2c(C(F)(F)F)cccn2n1. The van der Waals surface area contributed by atoms with E-state index in [1.807, 2.05) is 0 Å². The minimum atomic E-state index is -4.57. The monoisotopic (exact) mass is 481 g/mol. The van der Waals surface area contributed by atoms with Gasteiger partial charge in [-0.2, -0.15) is 18.3 Å². The number of carbonyl (C=O) groups excluding carboxylic acids is 1. The summed E-state index contributed by atoms with van der Waals surface area (Å²) in [5.41, 5.74) is 0.793. The molecule has 6 heterocycles. The molecule has 0 bridgehead atoms. The Kier molecular flexibility index (Phi) is 4.62. The average molecular weight is 481 g/mol. The number of fused-ring (bicyclic) bond motifs is 2. The number of alkyl halides is 3. The minimum absolute atomic E-state index is 0.0121. The van der Waals surface area contributed by atoms with Crippen molar-refractivity contribution in [2.75, 3.05) is 6.54 Å². The van der Waals surface area contributed by atoms with Gasteiger partial charge in [0, 0.05) is 37.3 Å². The van der Waals surface area contributed by atoms with Crippen LogP contribution in [0.3, 0.4) is 0 Å². The molecule has 14 heteroatoms. The van der Waals surface area contributed by atoms with E-state index in [0.29, 0.717) is 17.8 Å². The molecule has 1 atom stereocenters.